The standard InChI is InChI=1S/C11H16ClN3O/c1-11(8-16)2-6-15(7-3-11)10-9(12)13-4-5-14-10/h4-5,16H,2-3,6-8H2,1H3. The Hall–Kier alpha value is -0.870. The molecule has 0 radical (unpaired) electrons. The van der Waals surface area contributed by atoms with Crippen molar-refractivity contribution in [3.8, 4) is 0 Å². The van der Waals surface area contributed by atoms with Crippen LogP contribution in [0.15, 0.2) is 12.4 Å². The van der Waals surface area contributed by atoms with Crippen molar-refractivity contribution in [3.63, 3.8) is 0 Å². The second-order valence-corrected chi connectivity index (χ2v) is 4.98. The minimum absolute atomic E-state index is 0.0468. The number of hydrogen-bond donors (Lipinski definition) is 1. The Labute approximate surface area is 100 Å². The number of nitrogens with zero attached hydrogens (tertiary/aromatic N) is 3. The van der Waals surface area contributed by atoms with Gasteiger partial charge in [-0.1, -0.05) is 18.5 Å². The molecular weight excluding hydrogens is 226 g/mol. The average molecular weight is 242 g/mol. The number of anilines is 1. The molecule has 1 aromatic heterocycles. The van der Waals surface area contributed by atoms with E-state index >= 15 is 0 Å². The van der Waals surface area contributed by atoms with E-state index in [1.165, 1.54) is 0 Å². The van der Waals surface area contributed by atoms with E-state index in [0.29, 0.717) is 5.15 Å². The number of hydrogen-bond acceptors (Lipinski definition) is 4. The Morgan fingerprint density at radius 3 is 2.56 bits per heavy atom. The Bertz CT molecular complexity index is 364. The zero-order valence-corrected chi connectivity index (χ0v) is 10.1. The van der Waals surface area contributed by atoms with Gasteiger partial charge in [-0.25, -0.2) is 9.97 Å². The highest BCUT2D eigenvalue weighted by atomic mass is 35.5. The van der Waals surface area contributed by atoms with Gasteiger partial charge in [-0.2, -0.15) is 0 Å². The van der Waals surface area contributed by atoms with Crippen molar-refractivity contribution in [1.82, 2.24) is 9.97 Å². The van der Waals surface area contributed by atoms with Crippen LogP contribution >= 0.6 is 11.6 Å². The monoisotopic (exact) mass is 241 g/mol. The highest BCUT2D eigenvalue weighted by Crippen LogP contribution is 2.33. The number of aliphatic hydroxyl groups excluding tert-OH is 1. The molecule has 2 heterocycles. The van der Waals surface area contributed by atoms with Gasteiger partial charge in [-0.05, 0) is 18.3 Å². The predicted octanol–water partition coefficient (Wildman–Crippen LogP) is 1.73. The van der Waals surface area contributed by atoms with Crippen LogP contribution in [0.5, 0.6) is 0 Å². The molecule has 0 aromatic carbocycles. The Morgan fingerprint density at radius 1 is 1.38 bits per heavy atom. The van der Waals surface area contributed by atoms with Gasteiger partial charge < -0.3 is 10.0 Å². The molecule has 4 nitrogen and oxygen atoms in total. The van der Waals surface area contributed by atoms with Gasteiger partial charge in [-0.3, -0.25) is 0 Å². The average Bonchev–Trinajstić information content (AvgIpc) is 2.31. The van der Waals surface area contributed by atoms with Crippen LogP contribution in [0.1, 0.15) is 19.8 Å². The third-order valence-corrected chi connectivity index (χ3v) is 3.55. The molecule has 1 aromatic rings. The van der Waals surface area contributed by atoms with Crippen molar-refractivity contribution < 1.29 is 5.11 Å². The zero-order valence-electron chi connectivity index (χ0n) is 9.36. The van der Waals surface area contributed by atoms with E-state index < -0.39 is 0 Å². The van der Waals surface area contributed by atoms with Gasteiger partial charge in [0, 0.05) is 32.1 Å². The zero-order chi connectivity index (χ0) is 11.6. The van der Waals surface area contributed by atoms with Crippen molar-refractivity contribution in [2.45, 2.75) is 19.8 Å². The predicted molar refractivity (Wildman–Crippen MR) is 63.7 cm³/mol. The molecule has 0 unspecified atom stereocenters. The molecule has 0 atom stereocenters. The SMILES string of the molecule is CC1(CO)CCN(c2nccnc2Cl)CC1. The van der Waals surface area contributed by atoms with E-state index in [0.717, 1.165) is 31.7 Å². The quantitative estimate of drug-likeness (QED) is 0.857. The summed E-state index contributed by atoms with van der Waals surface area (Å²) in [6, 6.07) is 0. The van der Waals surface area contributed by atoms with Crippen molar-refractivity contribution >= 4 is 17.4 Å². The fraction of sp³-hybridized carbons (Fsp3) is 0.636. The molecule has 16 heavy (non-hydrogen) atoms. The van der Waals surface area contributed by atoms with E-state index in [4.69, 9.17) is 11.6 Å². The summed E-state index contributed by atoms with van der Waals surface area (Å²) in [6.07, 6.45) is 5.15. The molecule has 5 heteroatoms. The van der Waals surface area contributed by atoms with Gasteiger partial charge >= 0.3 is 0 Å². The molecular formula is C11H16ClN3O. The normalized spacial score (nSPS) is 19.8. The summed E-state index contributed by atoms with van der Waals surface area (Å²) in [4.78, 5) is 10.4. The molecule has 88 valence electrons. The van der Waals surface area contributed by atoms with E-state index in [9.17, 15) is 5.11 Å². The topological polar surface area (TPSA) is 49.2 Å². The first kappa shape index (κ1) is 11.6. The Morgan fingerprint density at radius 2 is 2.00 bits per heavy atom. The molecule has 1 saturated heterocycles. The minimum atomic E-state index is 0.0468. The van der Waals surface area contributed by atoms with Crippen molar-refractivity contribution in [3.05, 3.63) is 17.5 Å². The molecule has 0 amide bonds. The molecule has 2 rings (SSSR count). The molecule has 1 aliphatic rings. The molecule has 1 aliphatic heterocycles. The Balaban J connectivity index is 2.07. The molecule has 0 saturated carbocycles. The summed E-state index contributed by atoms with van der Waals surface area (Å²) >= 11 is 6.00. The first-order valence-corrected chi connectivity index (χ1v) is 5.85. The van der Waals surface area contributed by atoms with Crippen LogP contribution in [0.2, 0.25) is 5.15 Å². The van der Waals surface area contributed by atoms with Gasteiger partial charge in [-0.15, -0.1) is 0 Å². The lowest BCUT2D eigenvalue weighted by Gasteiger charge is -2.38. The summed E-state index contributed by atoms with van der Waals surface area (Å²) in [5.41, 5.74) is 0.0468. The maximum absolute atomic E-state index is 9.29. The maximum atomic E-state index is 9.29. The van der Waals surface area contributed by atoms with Crippen LogP contribution < -0.4 is 4.90 Å². The number of piperidine rings is 1. The second-order valence-electron chi connectivity index (χ2n) is 4.63. The Kier molecular flexibility index (Phi) is 3.30. The van der Waals surface area contributed by atoms with Crippen molar-refractivity contribution in [2.75, 3.05) is 24.6 Å². The van der Waals surface area contributed by atoms with Crippen LogP contribution in [0, 0.1) is 5.41 Å². The molecule has 0 spiro atoms. The maximum Gasteiger partial charge on any atom is 0.171 e. The van der Waals surface area contributed by atoms with Crippen molar-refractivity contribution in [2.24, 2.45) is 5.41 Å². The van der Waals surface area contributed by atoms with Crippen molar-refractivity contribution in [1.29, 1.82) is 0 Å². The molecule has 0 aliphatic carbocycles. The minimum Gasteiger partial charge on any atom is -0.396 e. The van der Waals surface area contributed by atoms with Gasteiger partial charge in [0.2, 0.25) is 0 Å². The highest BCUT2D eigenvalue weighted by Gasteiger charge is 2.30. The summed E-state index contributed by atoms with van der Waals surface area (Å²) in [7, 11) is 0. The van der Waals surface area contributed by atoms with Gasteiger partial charge in [0.25, 0.3) is 0 Å². The third kappa shape index (κ3) is 2.28. The third-order valence-electron chi connectivity index (χ3n) is 3.29. The second kappa shape index (κ2) is 4.55. The van der Waals surface area contributed by atoms with E-state index in [1.807, 2.05) is 0 Å². The van der Waals surface area contributed by atoms with Crippen LogP contribution in [-0.2, 0) is 0 Å². The van der Waals surface area contributed by atoms with E-state index in [1.54, 1.807) is 12.4 Å². The number of rotatable bonds is 2. The lowest BCUT2D eigenvalue weighted by Crippen LogP contribution is -2.41. The molecule has 1 fully saturated rings. The first-order chi connectivity index (χ1) is 7.64. The molecule has 1 N–H and O–H groups in total. The van der Waals surface area contributed by atoms with Crippen LogP contribution in [0.4, 0.5) is 5.82 Å². The van der Waals surface area contributed by atoms with E-state index in [-0.39, 0.29) is 12.0 Å². The lowest BCUT2D eigenvalue weighted by molar-refractivity contribution is 0.114. The van der Waals surface area contributed by atoms with Crippen LogP contribution in [0.3, 0.4) is 0 Å². The largest absolute Gasteiger partial charge is 0.396 e. The fourth-order valence-corrected chi connectivity index (χ4v) is 2.17. The summed E-state index contributed by atoms with van der Waals surface area (Å²) in [5.74, 6) is 0.754. The smallest absolute Gasteiger partial charge is 0.171 e. The summed E-state index contributed by atoms with van der Waals surface area (Å²) < 4.78 is 0. The lowest BCUT2D eigenvalue weighted by atomic mass is 9.81. The van der Waals surface area contributed by atoms with Crippen LogP contribution in [0.25, 0.3) is 0 Å². The van der Waals surface area contributed by atoms with Gasteiger partial charge in [0.15, 0.2) is 11.0 Å². The highest BCUT2D eigenvalue weighted by molar-refractivity contribution is 6.31. The fourth-order valence-electron chi connectivity index (χ4n) is 1.94. The first-order valence-electron chi connectivity index (χ1n) is 5.47. The number of aromatic nitrogens is 2. The number of halogens is 1. The number of aliphatic hydroxyl groups is 1. The summed E-state index contributed by atoms with van der Waals surface area (Å²) in [6.45, 7) is 4.10. The van der Waals surface area contributed by atoms with Crippen LogP contribution in [-0.4, -0.2) is 34.8 Å². The van der Waals surface area contributed by atoms with E-state index in [2.05, 4.69) is 21.8 Å². The summed E-state index contributed by atoms with van der Waals surface area (Å²) in [5, 5.41) is 9.74. The molecule has 0 bridgehead atoms. The van der Waals surface area contributed by atoms with Gasteiger partial charge in [0.1, 0.15) is 0 Å². The van der Waals surface area contributed by atoms with Gasteiger partial charge in [0.05, 0.1) is 0 Å².